The summed E-state index contributed by atoms with van der Waals surface area (Å²) >= 11 is 1.73. The van der Waals surface area contributed by atoms with Crippen molar-refractivity contribution in [2.24, 2.45) is 4.99 Å². The highest BCUT2D eigenvalue weighted by molar-refractivity contribution is 8.14. The number of aliphatic imine (C=N–C) groups is 1. The van der Waals surface area contributed by atoms with Crippen molar-refractivity contribution < 1.29 is 8.42 Å². The van der Waals surface area contributed by atoms with E-state index in [1.807, 2.05) is 19.2 Å². The number of hydrogen-bond donors (Lipinski definition) is 1. The minimum atomic E-state index is -3.21. The first kappa shape index (κ1) is 14.2. The van der Waals surface area contributed by atoms with Gasteiger partial charge in [0.05, 0.1) is 11.4 Å². The number of amidine groups is 1. The molecule has 7 heteroatoms. The maximum Gasteiger partial charge on any atom is 0.232 e. The van der Waals surface area contributed by atoms with Gasteiger partial charge >= 0.3 is 0 Å². The Morgan fingerprint density at radius 2 is 2.05 bits per heavy atom. The van der Waals surface area contributed by atoms with Crippen molar-refractivity contribution in [1.82, 2.24) is 4.90 Å². The van der Waals surface area contributed by atoms with Gasteiger partial charge in [0.25, 0.3) is 0 Å². The molecule has 0 aliphatic carbocycles. The fourth-order valence-electron chi connectivity index (χ4n) is 1.56. The zero-order valence-electron chi connectivity index (χ0n) is 11.0. The van der Waals surface area contributed by atoms with Crippen LogP contribution in [0.25, 0.3) is 0 Å². The molecule has 1 aliphatic heterocycles. The SMILES string of the molecule is CCS(=O)(=O)Nc1ccc(N=C2SCCN2C)cc1. The Morgan fingerprint density at radius 1 is 1.37 bits per heavy atom. The van der Waals surface area contributed by atoms with Crippen molar-refractivity contribution in [2.45, 2.75) is 6.92 Å². The second-order valence-electron chi connectivity index (χ2n) is 4.22. The largest absolute Gasteiger partial charge is 0.353 e. The molecule has 0 saturated carbocycles. The van der Waals surface area contributed by atoms with E-state index in [1.165, 1.54) is 0 Å². The standard InChI is InChI=1S/C12H17N3O2S2/c1-3-19(16,17)14-11-6-4-10(5-7-11)13-12-15(2)8-9-18-12/h4-7,14H,3,8-9H2,1-2H3. The van der Waals surface area contributed by atoms with Crippen LogP contribution in [0.4, 0.5) is 11.4 Å². The minimum absolute atomic E-state index is 0.0679. The summed E-state index contributed by atoms with van der Waals surface area (Å²) in [6.07, 6.45) is 0. The van der Waals surface area contributed by atoms with Crippen LogP contribution in [0.1, 0.15) is 6.92 Å². The summed E-state index contributed by atoms with van der Waals surface area (Å²) in [7, 11) is -1.20. The Morgan fingerprint density at radius 3 is 2.58 bits per heavy atom. The molecule has 5 nitrogen and oxygen atoms in total. The van der Waals surface area contributed by atoms with E-state index in [1.54, 1.807) is 30.8 Å². The van der Waals surface area contributed by atoms with Gasteiger partial charge < -0.3 is 4.90 Å². The van der Waals surface area contributed by atoms with E-state index in [9.17, 15) is 8.42 Å². The highest BCUT2D eigenvalue weighted by atomic mass is 32.2. The van der Waals surface area contributed by atoms with E-state index in [0.29, 0.717) is 5.69 Å². The average molecular weight is 299 g/mol. The molecule has 0 bridgehead atoms. The summed E-state index contributed by atoms with van der Waals surface area (Å²) in [6.45, 7) is 2.62. The van der Waals surface area contributed by atoms with Gasteiger partial charge in [0, 0.05) is 25.0 Å². The lowest BCUT2D eigenvalue weighted by molar-refractivity contribution is 0.563. The number of hydrogen-bond acceptors (Lipinski definition) is 4. The van der Waals surface area contributed by atoms with Crippen LogP contribution in [-0.2, 0) is 10.0 Å². The number of anilines is 1. The van der Waals surface area contributed by atoms with Crippen LogP contribution in [0.5, 0.6) is 0 Å². The fraction of sp³-hybridized carbons (Fsp3) is 0.417. The molecule has 1 saturated heterocycles. The highest BCUT2D eigenvalue weighted by Crippen LogP contribution is 2.23. The molecule has 1 aromatic rings. The van der Waals surface area contributed by atoms with Crippen LogP contribution >= 0.6 is 11.8 Å². The van der Waals surface area contributed by atoms with Crippen molar-refractivity contribution >= 4 is 38.3 Å². The molecule has 2 rings (SSSR count). The third-order valence-corrected chi connectivity index (χ3v) is 5.08. The fourth-order valence-corrected chi connectivity index (χ4v) is 3.23. The average Bonchev–Trinajstić information content (AvgIpc) is 2.77. The molecular weight excluding hydrogens is 282 g/mol. The maximum atomic E-state index is 11.4. The van der Waals surface area contributed by atoms with Crippen molar-refractivity contribution in [3.8, 4) is 0 Å². The van der Waals surface area contributed by atoms with Gasteiger partial charge in [-0.2, -0.15) is 0 Å². The first-order valence-corrected chi connectivity index (χ1v) is 8.67. The molecular formula is C12H17N3O2S2. The van der Waals surface area contributed by atoms with Crippen molar-refractivity contribution in [3.63, 3.8) is 0 Å². The van der Waals surface area contributed by atoms with Gasteiger partial charge in [-0.05, 0) is 31.2 Å². The third-order valence-electron chi connectivity index (χ3n) is 2.73. The van der Waals surface area contributed by atoms with Crippen LogP contribution in [0.15, 0.2) is 29.3 Å². The van der Waals surface area contributed by atoms with Gasteiger partial charge in [-0.1, -0.05) is 11.8 Å². The Labute approximate surface area is 118 Å². The number of sulfonamides is 1. The smallest absolute Gasteiger partial charge is 0.232 e. The molecule has 0 radical (unpaired) electrons. The van der Waals surface area contributed by atoms with E-state index < -0.39 is 10.0 Å². The van der Waals surface area contributed by atoms with Gasteiger partial charge in [0.2, 0.25) is 10.0 Å². The predicted octanol–water partition coefficient (Wildman–Crippen LogP) is 2.11. The van der Waals surface area contributed by atoms with Crippen molar-refractivity contribution in [3.05, 3.63) is 24.3 Å². The Kier molecular flexibility index (Phi) is 4.36. The van der Waals surface area contributed by atoms with Gasteiger partial charge in [-0.25, -0.2) is 13.4 Å². The molecule has 0 amide bonds. The first-order valence-electron chi connectivity index (χ1n) is 6.03. The summed E-state index contributed by atoms with van der Waals surface area (Å²) in [6, 6.07) is 7.08. The zero-order valence-corrected chi connectivity index (χ0v) is 12.6. The quantitative estimate of drug-likeness (QED) is 0.925. The molecule has 104 valence electrons. The second-order valence-corrected chi connectivity index (χ2v) is 7.29. The van der Waals surface area contributed by atoms with Crippen molar-refractivity contribution in [1.29, 1.82) is 0 Å². The lowest BCUT2D eigenvalue weighted by atomic mass is 10.3. The Hall–Kier alpha value is -1.21. The highest BCUT2D eigenvalue weighted by Gasteiger charge is 2.14. The minimum Gasteiger partial charge on any atom is -0.353 e. The predicted molar refractivity (Wildman–Crippen MR) is 81.7 cm³/mol. The molecule has 1 N–H and O–H groups in total. The first-order chi connectivity index (χ1) is 9.00. The lowest BCUT2D eigenvalue weighted by Crippen LogP contribution is -2.17. The van der Waals surface area contributed by atoms with E-state index in [2.05, 4.69) is 14.6 Å². The molecule has 0 spiro atoms. The number of benzene rings is 1. The van der Waals surface area contributed by atoms with Crippen LogP contribution in [0.2, 0.25) is 0 Å². The van der Waals surface area contributed by atoms with E-state index in [4.69, 9.17) is 0 Å². The zero-order chi connectivity index (χ0) is 13.9. The lowest BCUT2D eigenvalue weighted by Gasteiger charge is -2.10. The van der Waals surface area contributed by atoms with Crippen LogP contribution < -0.4 is 4.72 Å². The van der Waals surface area contributed by atoms with E-state index in [0.717, 1.165) is 23.2 Å². The molecule has 0 atom stereocenters. The number of nitrogens with one attached hydrogen (secondary N) is 1. The number of rotatable bonds is 4. The topological polar surface area (TPSA) is 61.8 Å². The second kappa shape index (κ2) is 5.83. The molecule has 0 unspecified atom stereocenters. The molecule has 1 aromatic carbocycles. The number of thioether (sulfide) groups is 1. The monoisotopic (exact) mass is 299 g/mol. The van der Waals surface area contributed by atoms with Crippen LogP contribution in [0, 0.1) is 0 Å². The van der Waals surface area contributed by atoms with Crippen LogP contribution in [-0.4, -0.2) is 43.6 Å². The van der Waals surface area contributed by atoms with Crippen molar-refractivity contribution in [2.75, 3.05) is 29.8 Å². The van der Waals surface area contributed by atoms with Gasteiger partial charge in [0.15, 0.2) is 5.17 Å². The molecule has 1 aliphatic rings. The molecule has 1 fully saturated rings. The Balaban J connectivity index is 2.11. The van der Waals surface area contributed by atoms with Gasteiger partial charge in [-0.15, -0.1) is 0 Å². The number of nitrogens with zero attached hydrogens (tertiary/aromatic N) is 2. The Bertz CT molecular complexity index is 567. The van der Waals surface area contributed by atoms with Gasteiger partial charge in [-0.3, -0.25) is 4.72 Å². The molecule has 19 heavy (non-hydrogen) atoms. The normalized spacial score (nSPS) is 18.0. The summed E-state index contributed by atoms with van der Waals surface area (Å²) in [4.78, 5) is 6.63. The van der Waals surface area contributed by atoms with Gasteiger partial charge in [0.1, 0.15) is 0 Å². The summed E-state index contributed by atoms with van der Waals surface area (Å²) in [5.74, 6) is 1.13. The summed E-state index contributed by atoms with van der Waals surface area (Å²) in [5.41, 5.74) is 1.40. The van der Waals surface area contributed by atoms with E-state index >= 15 is 0 Å². The van der Waals surface area contributed by atoms with E-state index in [-0.39, 0.29) is 5.75 Å². The molecule has 1 heterocycles. The third kappa shape index (κ3) is 3.87. The van der Waals surface area contributed by atoms with Crippen LogP contribution in [0.3, 0.4) is 0 Å². The summed E-state index contributed by atoms with van der Waals surface area (Å²) < 4.78 is 25.4. The maximum absolute atomic E-state index is 11.4. The summed E-state index contributed by atoms with van der Waals surface area (Å²) in [5, 5.41) is 1.00. The molecule has 0 aromatic heterocycles.